The first-order chi connectivity index (χ1) is 5.11. The number of hydrogen-bond acceptors (Lipinski definition) is 2. The Morgan fingerprint density at radius 2 is 2.27 bits per heavy atom. The summed E-state index contributed by atoms with van der Waals surface area (Å²) in [5.41, 5.74) is 5.12. The number of rotatable bonds is 1. The number of nitrogens with two attached hydrogens (primary N) is 1. The molecule has 3 nitrogen and oxygen atoms in total. The molecule has 0 radical (unpaired) electrons. The van der Waals surface area contributed by atoms with Gasteiger partial charge in [0, 0.05) is 0 Å². The van der Waals surface area contributed by atoms with E-state index in [0.29, 0.717) is 4.47 Å². The third-order valence-electron chi connectivity index (χ3n) is 1.06. The van der Waals surface area contributed by atoms with Crippen LogP contribution in [0.5, 0.6) is 0 Å². The van der Waals surface area contributed by atoms with Crippen LogP contribution in [0.1, 0.15) is 10.5 Å². The van der Waals surface area contributed by atoms with Gasteiger partial charge in [-0.3, -0.25) is 4.79 Å². The minimum Gasteiger partial charge on any atom is -0.364 e. The SMILES string of the molecule is NC(=O)c1ccc(Br)c(Cl)n1. The lowest BCUT2D eigenvalue weighted by Crippen LogP contribution is -2.12. The standard InChI is InChI=1S/C6H4BrClN2O/c7-3-1-2-4(6(9)11)10-5(3)8/h1-2H,(H2,9,11). The number of nitrogens with zero attached hydrogens (tertiary/aromatic N) is 1. The van der Waals surface area contributed by atoms with Gasteiger partial charge in [0.15, 0.2) is 0 Å². The molecule has 0 unspecified atom stereocenters. The predicted octanol–water partition coefficient (Wildman–Crippen LogP) is 1.60. The van der Waals surface area contributed by atoms with E-state index in [1.54, 1.807) is 6.07 Å². The van der Waals surface area contributed by atoms with E-state index in [2.05, 4.69) is 20.9 Å². The summed E-state index contributed by atoms with van der Waals surface area (Å²) in [6, 6.07) is 3.12. The Morgan fingerprint density at radius 1 is 1.64 bits per heavy atom. The molecule has 0 atom stereocenters. The summed E-state index contributed by atoms with van der Waals surface area (Å²) in [7, 11) is 0. The van der Waals surface area contributed by atoms with Crippen LogP contribution in [0.3, 0.4) is 0 Å². The molecule has 1 rings (SSSR count). The Bertz CT molecular complexity index is 303. The lowest BCUT2D eigenvalue weighted by molar-refractivity contribution is 0.0995. The lowest BCUT2D eigenvalue weighted by atomic mass is 10.3. The van der Waals surface area contributed by atoms with Crippen molar-refractivity contribution in [1.29, 1.82) is 0 Å². The number of aromatic nitrogens is 1. The number of primary amides is 1. The third-order valence-corrected chi connectivity index (χ3v) is 2.21. The van der Waals surface area contributed by atoms with E-state index in [-0.39, 0.29) is 10.8 Å². The topological polar surface area (TPSA) is 56.0 Å². The first-order valence-electron chi connectivity index (χ1n) is 2.73. The molecule has 0 fully saturated rings. The highest BCUT2D eigenvalue weighted by molar-refractivity contribution is 9.10. The minimum absolute atomic E-state index is 0.165. The Labute approximate surface area is 76.7 Å². The first kappa shape index (κ1) is 8.49. The fraction of sp³-hybridized carbons (Fsp3) is 0. The van der Waals surface area contributed by atoms with Gasteiger partial charge in [-0.05, 0) is 28.1 Å². The summed E-state index contributed by atoms with van der Waals surface area (Å²) in [6.45, 7) is 0. The number of carbonyl (C=O) groups is 1. The Kier molecular flexibility index (Phi) is 2.46. The summed E-state index contributed by atoms with van der Waals surface area (Å²) < 4.78 is 0.643. The van der Waals surface area contributed by atoms with E-state index in [1.807, 2.05) is 0 Å². The molecule has 0 bridgehead atoms. The van der Waals surface area contributed by atoms with Crippen molar-refractivity contribution in [3.63, 3.8) is 0 Å². The predicted molar refractivity (Wildman–Crippen MR) is 45.5 cm³/mol. The zero-order valence-corrected chi connectivity index (χ0v) is 7.69. The van der Waals surface area contributed by atoms with Crippen molar-refractivity contribution in [3.05, 3.63) is 27.5 Å². The van der Waals surface area contributed by atoms with Gasteiger partial charge in [-0.1, -0.05) is 11.6 Å². The molecule has 0 saturated heterocycles. The van der Waals surface area contributed by atoms with Crippen molar-refractivity contribution >= 4 is 33.4 Å². The van der Waals surface area contributed by atoms with Crippen LogP contribution < -0.4 is 5.73 Å². The molecule has 0 aliphatic heterocycles. The number of hydrogen-bond donors (Lipinski definition) is 1. The van der Waals surface area contributed by atoms with Crippen molar-refractivity contribution in [1.82, 2.24) is 4.98 Å². The maximum atomic E-state index is 10.6. The lowest BCUT2D eigenvalue weighted by Gasteiger charge is -1.96. The van der Waals surface area contributed by atoms with E-state index < -0.39 is 5.91 Å². The summed E-state index contributed by atoms with van der Waals surface area (Å²) in [6.07, 6.45) is 0. The van der Waals surface area contributed by atoms with Crippen LogP contribution in [-0.2, 0) is 0 Å². The van der Waals surface area contributed by atoms with Crippen molar-refractivity contribution in [2.24, 2.45) is 5.73 Å². The van der Waals surface area contributed by atoms with E-state index in [9.17, 15) is 4.79 Å². The highest BCUT2D eigenvalue weighted by atomic mass is 79.9. The molecule has 11 heavy (non-hydrogen) atoms. The maximum absolute atomic E-state index is 10.6. The van der Waals surface area contributed by atoms with Gasteiger partial charge in [0.2, 0.25) is 0 Å². The Morgan fingerprint density at radius 3 is 2.73 bits per heavy atom. The molecule has 0 aliphatic rings. The Balaban J connectivity index is 3.15. The summed E-state index contributed by atoms with van der Waals surface area (Å²) in [5.74, 6) is -0.584. The fourth-order valence-corrected chi connectivity index (χ4v) is 0.929. The van der Waals surface area contributed by atoms with Gasteiger partial charge < -0.3 is 5.73 Å². The molecule has 1 aromatic heterocycles. The molecule has 5 heteroatoms. The number of pyridine rings is 1. The van der Waals surface area contributed by atoms with Crippen molar-refractivity contribution in [3.8, 4) is 0 Å². The van der Waals surface area contributed by atoms with Gasteiger partial charge in [-0.25, -0.2) is 4.98 Å². The summed E-state index contributed by atoms with van der Waals surface area (Å²) in [4.78, 5) is 14.3. The van der Waals surface area contributed by atoms with E-state index in [1.165, 1.54) is 6.07 Å². The summed E-state index contributed by atoms with van der Waals surface area (Å²) in [5, 5.41) is 0.237. The van der Waals surface area contributed by atoms with Gasteiger partial charge in [0.05, 0.1) is 4.47 Å². The molecule has 0 aromatic carbocycles. The average Bonchev–Trinajstić information content (AvgIpc) is 1.94. The van der Waals surface area contributed by atoms with Crippen LogP contribution in [0.4, 0.5) is 0 Å². The highest BCUT2D eigenvalue weighted by Gasteiger charge is 2.04. The molecule has 1 aromatic rings. The van der Waals surface area contributed by atoms with Crippen LogP contribution in [0.2, 0.25) is 5.15 Å². The average molecular weight is 235 g/mol. The van der Waals surface area contributed by atoms with E-state index >= 15 is 0 Å². The second-order valence-electron chi connectivity index (χ2n) is 1.83. The molecule has 0 aliphatic carbocycles. The quantitative estimate of drug-likeness (QED) is 0.752. The minimum atomic E-state index is -0.584. The van der Waals surface area contributed by atoms with Crippen molar-refractivity contribution < 1.29 is 4.79 Å². The molecule has 0 spiro atoms. The Hall–Kier alpha value is -0.610. The maximum Gasteiger partial charge on any atom is 0.267 e. The van der Waals surface area contributed by atoms with Gasteiger partial charge in [-0.15, -0.1) is 0 Å². The second kappa shape index (κ2) is 3.19. The molecule has 1 heterocycles. The van der Waals surface area contributed by atoms with Crippen LogP contribution in [-0.4, -0.2) is 10.9 Å². The molecule has 2 N–H and O–H groups in total. The molecule has 1 amide bonds. The smallest absolute Gasteiger partial charge is 0.267 e. The number of carbonyl (C=O) groups excluding carboxylic acids is 1. The zero-order valence-electron chi connectivity index (χ0n) is 5.34. The monoisotopic (exact) mass is 234 g/mol. The molecular weight excluding hydrogens is 231 g/mol. The van der Waals surface area contributed by atoms with Gasteiger partial charge in [0.25, 0.3) is 5.91 Å². The van der Waals surface area contributed by atoms with Crippen LogP contribution in [0.15, 0.2) is 16.6 Å². The summed E-state index contributed by atoms with van der Waals surface area (Å²) >= 11 is 8.72. The highest BCUT2D eigenvalue weighted by Crippen LogP contribution is 2.19. The normalized spacial score (nSPS) is 9.64. The first-order valence-corrected chi connectivity index (χ1v) is 3.90. The van der Waals surface area contributed by atoms with Gasteiger partial charge in [0.1, 0.15) is 10.8 Å². The van der Waals surface area contributed by atoms with Crippen LogP contribution in [0, 0.1) is 0 Å². The van der Waals surface area contributed by atoms with Crippen molar-refractivity contribution in [2.75, 3.05) is 0 Å². The second-order valence-corrected chi connectivity index (χ2v) is 3.05. The molecule has 58 valence electrons. The van der Waals surface area contributed by atoms with E-state index in [0.717, 1.165) is 0 Å². The van der Waals surface area contributed by atoms with Gasteiger partial charge in [-0.2, -0.15) is 0 Å². The van der Waals surface area contributed by atoms with Gasteiger partial charge >= 0.3 is 0 Å². The van der Waals surface area contributed by atoms with Crippen LogP contribution >= 0.6 is 27.5 Å². The number of amides is 1. The van der Waals surface area contributed by atoms with E-state index in [4.69, 9.17) is 17.3 Å². The van der Waals surface area contributed by atoms with Crippen LogP contribution in [0.25, 0.3) is 0 Å². The van der Waals surface area contributed by atoms with Crippen molar-refractivity contribution in [2.45, 2.75) is 0 Å². The third kappa shape index (κ3) is 1.91. The number of halogens is 2. The largest absolute Gasteiger partial charge is 0.364 e. The zero-order chi connectivity index (χ0) is 8.43. The molecule has 0 saturated carbocycles. The molecular formula is C6H4BrClN2O. The fourth-order valence-electron chi connectivity index (χ4n) is 0.555.